The number of hydrogen-bond acceptors (Lipinski definition) is 3. The predicted octanol–water partition coefficient (Wildman–Crippen LogP) is 2.71. The highest BCUT2D eigenvalue weighted by molar-refractivity contribution is 5.93. The summed E-state index contributed by atoms with van der Waals surface area (Å²) in [5, 5.41) is 5.55. The molecule has 20 heavy (non-hydrogen) atoms. The number of Topliss-reactive ketones (excluding diaryl/α,β-unsaturated/α-hetero) is 1. The molecule has 0 spiro atoms. The van der Waals surface area contributed by atoms with Crippen molar-refractivity contribution in [2.75, 3.05) is 0 Å². The fraction of sp³-hybridized carbons (Fsp3) is 0.312. The number of hydrazone groups is 1. The molecule has 0 aliphatic carbocycles. The second kappa shape index (κ2) is 5.04. The summed E-state index contributed by atoms with van der Waals surface area (Å²) in [5.74, 6) is -0.300. The second-order valence-electron chi connectivity index (χ2n) is 5.44. The molecule has 0 bridgehead atoms. The van der Waals surface area contributed by atoms with E-state index in [0.717, 1.165) is 11.1 Å². The van der Waals surface area contributed by atoms with Crippen LogP contribution in [0.5, 0.6) is 0 Å². The molecule has 1 aliphatic heterocycles. The third kappa shape index (κ3) is 2.18. The maximum atomic E-state index is 12.0. The van der Waals surface area contributed by atoms with Crippen LogP contribution in [0, 0.1) is 5.41 Å². The fourth-order valence-corrected chi connectivity index (χ4v) is 2.36. The minimum absolute atomic E-state index is 0.0104. The Hall–Kier alpha value is -2.23. The van der Waals surface area contributed by atoms with Gasteiger partial charge in [-0.1, -0.05) is 44.7 Å². The molecule has 4 heteroatoms. The summed E-state index contributed by atoms with van der Waals surface area (Å²) in [6, 6.07) is 7.24. The Bertz CT molecular complexity index is 602. The molecular formula is C16H18N2O2. The van der Waals surface area contributed by atoms with Gasteiger partial charge in [0.05, 0.1) is 12.3 Å². The molecule has 0 saturated carbocycles. The van der Waals surface area contributed by atoms with Crippen LogP contribution >= 0.6 is 0 Å². The van der Waals surface area contributed by atoms with E-state index in [2.05, 4.69) is 11.7 Å². The Kier molecular flexibility index (Phi) is 3.57. The average molecular weight is 270 g/mol. The van der Waals surface area contributed by atoms with Gasteiger partial charge in [0.25, 0.3) is 5.91 Å². The molecule has 0 radical (unpaired) electrons. The van der Waals surface area contributed by atoms with Crippen LogP contribution in [0.3, 0.4) is 0 Å². The molecule has 2 rings (SSSR count). The van der Waals surface area contributed by atoms with Crippen LogP contribution < -0.4 is 0 Å². The number of carbonyl (C=O) groups is 2. The highest BCUT2D eigenvalue weighted by Gasteiger charge is 2.43. The van der Waals surface area contributed by atoms with Crippen molar-refractivity contribution in [3.8, 4) is 0 Å². The number of fused-ring (bicyclic) bond motifs is 1. The van der Waals surface area contributed by atoms with Gasteiger partial charge in [-0.15, -0.1) is 0 Å². The van der Waals surface area contributed by atoms with Crippen molar-refractivity contribution >= 4 is 17.9 Å². The topological polar surface area (TPSA) is 49.7 Å². The average Bonchev–Trinajstić information content (AvgIpc) is 2.44. The molecule has 0 saturated heterocycles. The van der Waals surface area contributed by atoms with Crippen molar-refractivity contribution < 1.29 is 9.59 Å². The van der Waals surface area contributed by atoms with Crippen LogP contribution in [0.1, 0.15) is 37.9 Å². The molecule has 1 heterocycles. The van der Waals surface area contributed by atoms with Gasteiger partial charge in [-0.05, 0) is 24.1 Å². The van der Waals surface area contributed by atoms with E-state index in [9.17, 15) is 9.59 Å². The van der Waals surface area contributed by atoms with Gasteiger partial charge < -0.3 is 0 Å². The van der Waals surface area contributed by atoms with E-state index in [-0.39, 0.29) is 11.7 Å². The molecule has 0 fully saturated rings. The van der Waals surface area contributed by atoms with E-state index in [1.165, 1.54) is 18.0 Å². The smallest absolute Gasteiger partial charge is 0.266 e. The lowest BCUT2D eigenvalue weighted by Gasteiger charge is -2.40. The summed E-state index contributed by atoms with van der Waals surface area (Å²) in [4.78, 5) is 24.1. The van der Waals surface area contributed by atoms with Gasteiger partial charge in [-0.3, -0.25) is 9.59 Å². The van der Waals surface area contributed by atoms with Crippen molar-refractivity contribution in [3.05, 3.63) is 48.0 Å². The first kappa shape index (κ1) is 14.2. The van der Waals surface area contributed by atoms with Crippen LogP contribution in [-0.4, -0.2) is 22.9 Å². The lowest BCUT2D eigenvalue weighted by atomic mass is 9.75. The zero-order valence-corrected chi connectivity index (χ0v) is 12.0. The molecule has 1 atom stereocenters. The van der Waals surface area contributed by atoms with Gasteiger partial charge in [0.15, 0.2) is 0 Å². The second-order valence-corrected chi connectivity index (χ2v) is 5.44. The van der Waals surface area contributed by atoms with E-state index in [0.29, 0.717) is 0 Å². The first-order valence-electron chi connectivity index (χ1n) is 6.49. The summed E-state index contributed by atoms with van der Waals surface area (Å²) in [7, 11) is 0. The monoisotopic (exact) mass is 270 g/mol. The highest BCUT2D eigenvalue weighted by atomic mass is 16.2. The molecule has 1 unspecified atom stereocenters. The van der Waals surface area contributed by atoms with E-state index in [4.69, 9.17) is 0 Å². The number of ketones is 1. The fourth-order valence-electron chi connectivity index (χ4n) is 2.36. The van der Waals surface area contributed by atoms with Crippen LogP contribution in [-0.2, 0) is 9.59 Å². The van der Waals surface area contributed by atoms with Crippen molar-refractivity contribution in [2.24, 2.45) is 10.5 Å². The Balaban J connectivity index is 2.61. The van der Waals surface area contributed by atoms with Crippen LogP contribution in [0.15, 0.2) is 42.0 Å². The third-order valence-corrected chi connectivity index (χ3v) is 3.85. The van der Waals surface area contributed by atoms with E-state index >= 15 is 0 Å². The lowest BCUT2D eigenvalue weighted by molar-refractivity contribution is -0.137. The number of carbonyl (C=O) groups excluding carboxylic acids is 2. The lowest BCUT2D eigenvalue weighted by Crippen LogP contribution is -2.43. The Morgan fingerprint density at radius 1 is 1.35 bits per heavy atom. The molecule has 1 amide bonds. The van der Waals surface area contributed by atoms with Crippen LogP contribution in [0.2, 0.25) is 0 Å². The molecule has 0 aromatic heterocycles. The highest BCUT2D eigenvalue weighted by Crippen LogP contribution is 2.42. The van der Waals surface area contributed by atoms with Gasteiger partial charge in [0.2, 0.25) is 0 Å². The summed E-state index contributed by atoms with van der Waals surface area (Å²) in [5.41, 5.74) is 1.13. The minimum atomic E-state index is -0.730. The van der Waals surface area contributed by atoms with Crippen molar-refractivity contribution in [1.29, 1.82) is 0 Å². The Morgan fingerprint density at radius 3 is 2.60 bits per heavy atom. The first-order valence-corrected chi connectivity index (χ1v) is 6.49. The van der Waals surface area contributed by atoms with Gasteiger partial charge in [-0.25, -0.2) is 5.01 Å². The molecular weight excluding hydrogens is 252 g/mol. The zero-order valence-electron chi connectivity index (χ0n) is 12.0. The largest absolute Gasteiger partial charge is 0.299 e. The third-order valence-electron chi connectivity index (χ3n) is 3.85. The summed E-state index contributed by atoms with van der Waals surface area (Å²) >= 11 is 0. The summed E-state index contributed by atoms with van der Waals surface area (Å²) in [6.45, 7) is 8.71. The molecule has 104 valence electrons. The SMILES string of the molecule is C=CC(=O)N1N=Cc2ccccc2C1C(C)(C)C(C)=O. The van der Waals surface area contributed by atoms with Gasteiger partial charge >= 0.3 is 0 Å². The maximum Gasteiger partial charge on any atom is 0.266 e. The standard InChI is InChI=1S/C16H18N2O2/c1-5-14(20)18-15(16(3,4)11(2)19)13-9-7-6-8-12(13)10-17-18/h5-10,15H,1H2,2-4H3. The maximum absolute atomic E-state index is 12.0. The van der Waals surface area contributed by atoms with E-state index in [1.54, 1.807) is 6.21 Å². The number of nitrogens with zero attached hydrogens (tertiary/aromatic N) is 2. The van der Waals surface area contributed by atoms with Gasteiger partial charge in [0, 0.05) is 5.41 Å². The molecule has 1 aromatic rings. The zero-order chi connectivity index (χ0) is 14.9. The Morgan fingerprint density at radius 2 is 2.00 bits per heavy atom. The molecule has 1 aromatic carbocycles. The van der Waals surface area contributed by atoms with Crippen LogP contribution in [0.4, 0.5) is 0 Å². The summed E-state index contributed by atoms with van der Waals surface area (Å²) < 4.78 is 0. The van der Waals surface area contributed by atoms with Crippen molar-refractivity contribution in [1.82, 2.24) is 5.01 Å². The number of amides is 1. The van der Waals surface area contributed by atoms with Gasteiger partial charge in [0.1, 0.15) is 5.78 Å². The van der Waals surface area contributed by atoms with Gasteiger partial charge in [-0.2, -0.15) is 5.10 Å². The molecule has 1 aliphatic rings. The summed E-state index contributed by atoms with van der Waals surface area (Å²) in [6.07, 6.45) is 2.86. The number of rotatable bonds is 3. The molecule has 4 nitrogen and oxygen atoms in total. The minimum Gasteiger partial charge on any atom is -0.299 e. The van der Waals surface area contributed by atoms with E-state index < -0.39 is 11.5 Å². The van der Waals surface area contributed by atoms with E-state index in [1.807, 2.05) is 38.1 Å². The number of benzene rings is 1. The quantitative estimate of drug-likeness (QED) is 0.793. The van der Waals surface area contributed by atoms with Crippen LogP contribution in [0.25, 0.3) is 0 Å². The number of hydrogen-bond donors (Lipinski definition) is 0. The normalized spacial score (nSPS) is 17.6. The molecule has 0 N–H and O–H groups in total. The first-order chi connectivity index (χ1) is 9.39. The van der Waals surface area contributed by atoms with Crippen molar-refractivity contribution in [2.45, 2.75) is 26.8 Å². The predicted molar refractivity (Wildman–Crippen MR) is 78.3 cm³/mol. The Labute approximate surface area is 118 Å². The van der Waals surface area contributed by atoms with Crippen molar-refractivity contribution in [3.63, 3.8) is 0 Å².